The van der Waals surface area contributed by atoms with E-state index in [1.165, 1.54) is 5.56 Å². The van der Waals surface area contributed by atoms with Crippen LogP contribution >= 0.6 is 15.9 Å². The lowest BCUT2D eigenvalue weighted by Crippen LogP contribution is -2.15. The predicted octanol–water partition coefficient (Wildman–Crippen LogP) is 2.71. The first-order valence-electron chi connectivity index (χ1n) is 5.90. The van der Waals surface area contributed by atoms with Gasteiger partial charge in [-0.15, -0.1) is 0 Å². The fourth-order valence-corrected chi connectivity index (χ4v) is 1.96. The Morgan fingerprint density at radius 1 is 1.41 bits per heavy atom. The Hall–Kier alpha value is -0.580. The van der Waals surface area contributed by atoms with Crippen LogP contribution in [0, 0.1) is 0 Å². The molecule has 0 spiro atoms. The van der Waals surface area contributed by atoms with Crippen molar-refractivity contribution >= 4 is 15.9 Å². The van der Waals surface area contributed by atoms with E-state index in [0.29, 0.717) is 0 Å². The van der Waals surface area contributed by atoms with Gasteiger partial charge in [0.25, 0.3) is 0 Å². The highest BCUT2D eigenvalue weighted by Crippen LogP contribution is 2.26. The van der Waals surface area contributed by atoms with Crippen molar-refractivity contribution in [2.45, 2.75) is 32.9 Å². The van der Waals surface area contributed by atoms with Crippen LogP contribution in [0.4, 0.5) is 0 Å². The Morgan fingerprint density at radius 3 is 2.76 bits per heavy atom. The van der Waals surface area contributed by atoms with Gasteiger partial charge in [-0.05, 0) is 60.4 Å². The normalized spacial score (nSPS) is 10.9. The van der Waals surface area contributed by atoms with E-state index in [-0.39, 0.29) is 12.7 Å². The molecule has 0 aliphatic rings. The number of rotatable bonds is 7. The molecule has 1 aromatic carbocycles. The van der Waals surface area contributed by atoms with Crippen molar-refractivity contribution in [1.29, 1.82) is 0 Å². The number of benzene rings is 1. The topological polar surface area (TPSA) is 41.5 Å². The van der Waals surface area contributed by atoms with Gasteiger partial charge in [0.05, 0.1) is 10.6 Å². The predicted molar refractivity (Wildman–Crippen MR) is 73.3 cm³/mol. The second kappa shape index (κ2) is 7.69. The number of ether oxygens (including phenoxy) is 1. The van der Waals surface area contributed by atoms with E-state index in [2.05, 4.69) is 33.4 Å². The summed E-state index contributed by atoms with van der Waals surface area (Å²) in [6, 6.07) is 6.09. The van der Waals surface area contributed by atoms with E-state index in [4.69, 9.17) is 9.84 Å². The number of halogens is 1. The third kappa shape index (κ3) is 5.52. The highest BCUT2D eigenvalue weighted by atomic mass is 79.9. The van der Waals surface area contributed by atoms with E-state index in [9.17, 15) is 0 Å². The SMILES string of the molecule is CC(C)Oc1ccc(CNCCCO)cc1Br. The Kier molecular flexibility index (Phi) is 6.55. The Bertz CT molecular complexity index is 342. The van der Waals surface area contributed by atoms with E-state index < -0.39 is 0 Å². The standard InChI is InChI=1S/C13H20BrNO2/c1-10(2)17-13-5-4-11(8-12(13)14)9-15-6-3-7-16/h4-5,8,10,15-16H,3,6-7,9H2,1-2H3. The second-order valence-electron chi connectivity index (χ2n) is 4.19. The van der Waals surface area contributed by atoms with Crippen LogP contribution in [0.15, 0.2) is 22.7 Å². The van der Waals surface area contributed by atoms with Gasteiger partial charge in [0, 0.05) is 13.2 Å². The first-order valence-corrected chi connectivity index (χ1v) is 6.69. The van der Waals surface area contributed by atoms with Crippen LogP contribution in [-0.2, 0) is 6.54 Å². The molecule has 2 N–H and O–H groups in total. The maximum absolute atomic E-state index is 8.66. The largest absolute Gasteiger partial charge is 0.490 e. The van der Waals surface area contributed by atoms with Gasteiger partial charge in [-0.2, -0.15) is 0 Å². The Morgan fingerprint density at radius 2 is 2.18 bits per heavy atom. The smallest absolute Gasteiger partial charge is 0.133 e. The fourth-order valence-electron chi connectivity index (χ4n) is 1.44. The summed E-state index contributed by atoms with van der Waals surface area (Å²) in [5, 5.41) is 11.9. The number of hydrogen-bond donors (Lipinski definition) is 2. The molecule has 0 fully saturated rings. The molecular formula is C13H20BrNO2. The zero-order chi connectivity index (χ0) is 12.7. The third-order valence-corrected chi connectivity index (χ3v) is 2.82. The van der Waals surface area contributed by atoms with Crippen molar-refractivity contribution in [3.8, 4) is 5.75 Å². The summed E-state index contributed by atoms with van der Waals surface area (Å²) < 4.78 is 6.62. The first kappa shape index (κ1) is 14.5. The van der Waals surface area contributed by atoms with Crippen molar-refractivity contribution in [2.24, 2.45) is 0 Å². The molecular weight excluding hydrogens is 282 g/mol. The molecule has 0 aliphatic heterocycles. The lowest BCUT2D eigenvalue weighted by molar-refractivity contribution is 0.241. The van der Waals surface area contributed by atoms with Crippen LogP contribution in [-0.4, -0.2) is 24.4 Å². The van der Waals surface area contributed by atoms with Crippen LogP contribution in [0.25, 0.3) is 0 Å². The monoisotopic (exact) mass is 301 g/mol. The molecule has 3 nitrogen and oxygen atoms in total. The van der Waals surface area contributed by atoms with E-state index >= 15 is 0 Å². The minimum absolute atomic E-state index is 0.180. The van der Waals surface area contributed by atoms with Gasteiger partial charge in [0.1, 0.15) is 5.75 Å². The molecule has 0 amide bonds. The second-order valence-corrected chi connectivity index (χ2v) is 5.04. The number of aliphatic hydroxyl groups excluding tert-OH is 1. The average Bonchev–Trinajstić information content (AvgIpc) is 2.27. The lowest BCUT2D eigenvalue weighted by Gasteiger charge is -2.12. The molecule has 0 saturated carbocycles. The molecule has 0 unspecified atom stereocenters. The number of hydrogen-bond acceptors (Lipinski definition) is 3. The minimum Gasteiger partial charge on any atom is -0.490 e. The molecule has 17 heavy (non-hydrogen) atoms. The van der Waals surface area contributed by atoms with Gasteiger partial charge in [0.15, 0.2) is 0 Å². The Labute approximate surface area is 111 Å². The molecule has 1 rings (SSSR count). The number of aliphatic hydroxyl groups is 1. The molecule has 0 aliphatic carbocycles. The summed E-state index contributed by atoms with van der Waals surface area (Å²) >= 11 is 3.51. The lowest BCUT2D eigenvalue weighted by atomic mass is 10.2. The summed E-state index contributed by atoms with van der Waals surface area (Å²) in [6.45, 7) is 5.89. The van der Waals surface area contributed by atoms with Gasteiger partial charge in [0.2, 0.25) is 0 Å². The highest BCUT2D eigenvalue weighted by molar-refractivity contribution is 9.10. The molecule has 0 radical (unpaired) electrons. The number of nitrogens with one attached hydrogen (secondary N) is 1. The average molecular weight is 302 g/mol. The quantitative estimate of drug-likeness (QED) is 0.761. The van der Waals surface area contributed by atoms with Crippen molar-refractivity contribution in [3.63, 3.8) is 0 Å². The van der Waals surface area contributed by atoms with Gasteiger partial charge >= 0.3 is 0 Å². The van der Waals surface area contributed by atoms with E-state index in [1.54, 1.807) is 0 Å². The Balaban J connectivity index is 2.50. The third-order valence-electron chi connectivity index (χ3n) is 2.20. The molecule has 0 saturated heterocycles. The molecule has 1 aromatic rings. The zero-order valence-electron chi connectivity index (χ0n) is 10.4. The van der Waals surface area contributed by atoms with Gasteiger partial charge in [-0.3, -0.25) is 0 Å². The highest BCUT2D eigenvalue weighted by Gasteiger charge is 2.04. The summed E-state index contributed by atoms with van der Waals surface area (Å²) in [4.78, 5) is 0. The van der Waals surface area contributed by atoms with Crippen LogP contribution in [0.1, 0.15) is 25.8 Å². The molecule has 0 atom stereocenters. The maximum atomic E-state index is 8.66. The van der Waals surface area contributed by atoms with Crippen LogP contribution in [0.2, 0.25) is 0 Å². The van der Waals surface area contributed by atoms with Crippen LogP contribution in [0.5, 0.6) is 5.75 Å². The van der Waals surface area contributed by atoms with Crippen molar-refractivity contribution in [1.82, 2.24) is 5.32 Å². The molecule has 0 heterocycles. The van der Waals surface area contributed by atoms with Crippen molar-refractivity contribution in [3.05, 3.63) is 28.2 Å². The maximum Gasteiger partial charge on any atom is 0.133 e. The molecule has 0 aromatic heterocycles. The molecule has 4 heteroatoms. The van der Waals surface area contributed by atoms with Gasteiger partial charge < -0.3 is 15.2 Å². The van der Waals surface area contributed by atoms with Gasteiger partial charge in [-0.1, -0.05) is 6.07 Å². The van der Waals surface area contributed by atoms with Gasteiger partial charge in [-0.25, -0.2) is 0 Å². The fraction of sp³-hybridized carbons (Fsp3) is 0.538. The molecule has 96 valence electrons. The van der Waals surface area contributed by atoms with Crippen molar-refractivity contribution in [2.75, 3.05) is 13.2 Å². The van der Waals surface area contributed by atoms with Crippen molar-refractivity contribution < 1.29 is 9.84 Å². The summed E-state index contributed by atoms with van der Waals surface area (Å²) in [6.07, 6.45) is 0.968. The first-order chi connectivity index (χ1) is 8.13. The minimum atomic E-state index is 0.180. The summed E-state index contributed by atoms with van der Waals surface area (Å²) in [5.41, 5.74) is 1.20. The summed E-state index contributed by atoms with van der Waals surface area (Å²) in [5.74, 6) is 0.874. The van der Waals surface area contributed by atoms with E-state index in [1.807, 2.05) is 19.9 Å². The zero-order valence-corrected chi connectivity index (χ0v) is 12.0. The van der Waals surface area contributed by atoms with E-state index in [0.717, 1.165) is 29.7 Å². The van der Waals surface area contributed by atoms with Crippen LogP contribution in [0.3, 0.4) is 0 Å². The van der Waals surface area contributed by atoms with Crippen LogP contribution < -0.4 is 10.1 Å². The summed E-state index contributed by atoms with van der Waals surface area (Å²) in [7, 11) is 0. The molecule has 0 bridgehead atoms.